The first-order chi connectivity index (χ1) is 5.93. The maximum atomic E-state index is 5.34. The van der Waals surface area contributed by atoms with Crippen LogP contribution < -0.4 is 5.46 Å². The highest BCUT2D eigenvalue weighted by molar-refractivity contribution is 6.46. The third-order valence-corrected chi connectivity index (χ3v) is 1.54. The fraction of sp³-hybridized carbons (Fsp3) is 0.333. The molecule has 14 heavy (non-hydrogen) atoms. The van der Waals surface area contributed by atoms with Gasteiger partial charge in [0.1, 0.15) is 0 Å². The summed E-state index contributed by atoms with van der Waals surface area (Å²) in [5, 5.41) is 0. The lowest BCUT2D eigenvalue weighted by Gasteiger charge is -2.01. The minimum atomic E-state index is 0. The van der Waals surface area contributed by atoms with Crippen LogP contribution in [0.5, 0.6) is 0 Å². The van der Waals surface area contributed by atoms with Crippen molar-refractivity contribution in [2.75, 3.05) is 20.3 Å². The summed E-state index contributed by atoms with van der Waals surface area (Å²) in [6.45, 7) is 1.32. The molecule has 4 N–H and O–H groups in total. The summed E-state index contributed by atoms with van der Waals surface area (Å²) >= 11 is 0. The average molecular weight is 200 g/mol. The second kappa shape index (κ2) is 10.2. The monoisotopic (exact) mass is 200 g/mol. The third-order valence-electron chi connectivity index (χ3n) is 1.54. The van der Waals surface area contributed by atoms with Crippen molar-refractivity contribution in [1.82, 2.24) is 0 Å². The van der Waals surface area contributed by atoms with Crippen LogP contribution in [0.15, 0.2) is 30.3 Å². The lowest BCUT2D eigenvalue weighted by molar-refractivity contribution is 0.150. The molecule has 0 radical (unpaired) electrons. The van der Waals surface area contributed by atoms with E-state index >= 15 is 0 Å². The predicted octanol–water partition coefficient (Wildman–Crippen LogP) is -1.32. The van der Waals surface area contributed by atoms with Crippen molar-refractivity contribution in [1.29, 1.82) is 0 Å². The lowest BCUT2D eigenvalue weighted by atomic mass is 9.88. The third kappa shape index (κ3) is 6.62. The zero-order valence-corrected chi connectivity index (χ0v) is 8.32. The summed E-state index contributed by atoms with van der Waals surface area (Å²) in [4.78, 5) is 0. The van der Waals surface area contributed by atoms with Gasteiger partial charge in [-0.05, 0) is 0 Å². The van der Waals surface area contributed by atoms with Gasteiger partial charge in [0.05, 0.1) is 13.2 Å². The largest absolute Gasteiger partial charge is 0.432 e. The molecule has 0 saturated heterocycles. The van der Waals surface area contributed by atoms with E-state index in [-0.39, 0.29) is 11.0 Å². The standard InChI is InChI=1S/C9H13BO2.2H2O/c1-11-7-8-12-10-9-5-3-2-4-6-9;;/h2-6,10H,7-8H2,1H3;2*1H2. The molecule has 1 aromatic carbocycles. The van der Waals surface area contributed by atoms with Crippen LogP contribution >= 0.6 is 0 Å². The highest BCUT2D eigenvalue weighted by atomic mass is 16.5. The van der Waals surface area contributed by atoms with E-state index in [0.717, 1.165) is 0 Å². The van der Waals surface area contributed by atoms with Gasteiger partial charge in [0, 0.05) is 7.11 Å². The van der Waals surface area contributed by atoms with Crippen LogP contribution in [-0.4, -0.2) is 38.8 Å². The molecular weight excluding hydrogens is 183 g/mol. The first-order valence-electron chi connectivity index (χ1n) is 4.04. The zero-order valence-electron chi connectivity index (χ0n) is 8.32. The molecule has 0 unspecified atom stereocenters. The van der Waals surface area contributed by atoms with Crippen molar-refractivity contribution in [3.63, 3.8) is 0 Å². The van der Waals surface area contributed by atoms with Crippen LogP contribution in [0.25, 0.3) is 0 Å². The molecule has 0 aliphatic heterocycles. The first kappa shape index (κ1) is 15.6. The van der Waals surface area contributed by atoms with Crippen LogP contribution in [0.4, 0.5) is 0 Å². The van der Waals surface area contributed by atoms with Gasteiger partial charge < -0.3 is 20.3 Å². The van der Waals surface area contributed by atoms with E-state index in [4.69, 9.17) is 9.39 Å². The van der Waals surface area contributed by atoms with Crippen molar-refractivity contribution < 1.29 is 20.3 Å². The minimum Gasteiger partial charge on any atom is -0.432 e. The molecule has 4 nitrogen and oxygen atoms in total. The van der Waals surface area contributed by atoms with Crippen molar-refractivity contribution in [2.45, 2.75) is 0 Å². The Morgan fingerprint density at radius 2 is 1.71 bits per heavy atom. The molecule has 1 aromatic rings. The van der Waals surface area contributed by atoms with Crippen LogP contribution in [0, 0.1) is 0 Å². The lowest BCUT2D eigenvalue weighted by Crippen LogP contribution is -2.18. The van der Waals surface area contributed by atoms with Gasteiger partial charge in [-0.15, -0.1) is 0 Å². The van der Waals surface area contributed by atoms with Gasteiger partial charge >= 0.3 is 7.48 Å². The van der Waals surface area contributed by atoms with Crippen molar-refractivity contribution in [3.8, 4) is 0 Å². The molecule has 80 valence electrons. The summed E-state index contributed by atoms with van der Waals surface area (Å²) in [6.07, 6.45) is 0. The number of hydrogen-bond donors (Lipinski definition) is 0. The highest BCUT2D eigenvalue weighted by Crippen LogP contribution is 1.82. The molecule has 1 rings (SSSR count). The quantitative estimate of drug-likeness (QED) is 0.436. The SMILES string of the molecule is COCCOBc1ccccc1.O.O. The fourth-order valence-corrected chi connectivity index (χ4v) is 0.907. The van der Waals surface area contributed by atoms with Crippen LogP contribution in [-0.2, 0) is 9.39 Å². The summed E-state index contributed by atoms with van der Waals surface area (Å²) < 4.78 is 10.2. The Morgan fingerprint density at radius 1 is 1.07 bits per heavy atom. The molecule has 0 spiro atoms. The fourth-order valence-electron chi connectivity index (χ4n) is 0.907. The Kier molecular flexibility index (Phi) is 11.4. The maximum absolute atomic E-state index is 5.34. The van der Waals surface area contributed by atoms with Gasteiger partial charge in [-0.1, -0.05) is 35.8 Å². The summed E-state index contributed by atoms with van der Waals surface area (Å²) in [7, 11) is 2.34. The van der Waals surface area contributed by atoms with Gasteiger partial charge in [-0.2, -0.15) is 0 Å². The number of benzene rings is 1. The Hall–Kier alpha value is -0.875. The molecule has 0 heterocycles. The molecule has 0 saturated carbocycles. The number of ether oxygens (including phenoxy) is 1. The van der Waals surface area contributed by atoms with E-state index in [0.29, 0.717) is 20.7 Å². The Balaban J connectivity index is 0. The van der Waals surface area contributed by atoms with E-state index in [1.54, 1.807) is 7.11 Å². The second-order valence-electron chi connectivity index (χ2n) is 2.53. The van der Waals surface area contributed by atoms with E-state index < -0.39 is 0 Å². The number of hydrogen-bond acceptors (Lipinski definition) is 2. The molecule has 0 bridgehead atoms. The van der Waals surface area contributed by atoms with Gasteiger partial charge in [-0.3, -0.25) is 0 Å². The van der Waals surface area contributed by atoms with E-state index in [1.807, 2.05) is 30.3 Å². The summed E-state index contributed by atoms with van der Waals surface area (Å²) in [6, 6.07) is 10.1. The predicted molar refractivity (Wildman–Crippen MR) is 58.3 cm³/mol. The van der Waals surface area contributed by atoms with Crippen LogP contribution in [0.3, 0.4) is 0 Å². The molecule has 0 aliphatic rings. The topological polar surface area (TPSA) is 81.5 Å². The van der Waals surface area contributed by atoms with Crippen molar-refractivity contribution in [2.24, 2.45) is 0 Å². The van der Waals surface area contributed by atoms with Gasteiger partial charge in [0.2, 0.25) is 0 Å². The second-order valence-corrected chi connectivity index (χ2v) is 2.53. The molecule has 0 atom stereocenters. The Bertz CT molecular complexity index is 205. The normalized spacial score (nSPS) is 8.36. The Labute approximate surface area is 84.7 Å². The first-order valence-corrected chi connectivity index (χ1v) is 4.04. The molecule has 0 amide bonds. The van der Waals surface area contributed by atoms with Gasteiger partial charge in [0.15, 0.2) is 0 Å². The van der Waals surface area contributed by atoms with Crippen LogP contribution in [0.2, 0.25) is 0 Å². The average Bonchev–Trinajstić information content (AvgIpc) is 2.14. The smallest absolute Gasteiger partial charge is 0.308 e. The number of methoxy groups -OCH3 is 1. The summed E-state index contributed by atoms with van der Waals surface area (Å²) in [5.74, 6) is 0. The molecular formula is C9H17BO4. The van der Waals surface area contributed by atoms with E-state index in [9.17, 15) is 0 Å². The molecule has 0 fully saturated rings. The molecule has 5 heteroatoms. The van der Waals surface area contributed by atoms with Gasteiger partial charge in [-0.25, -0.2) is 0 Å². The van der Waals surface area contributed by atoms with Crippen molar-refractivity contribution >= 4 is 12.9 Å². The van der Waals surface area contributed by atoms with E-state index in [2.05, 4.69) is 0 Å². The number of rotatable bonds is 5. The maximum Gasteiger partial charge on any atom is 0.308 e. The minimum absolute atomic E-state index is 0. The highest BCUT2D eigenvalue weighted by Gasteiger charge is 1.93. The van der Waals surface area contributed by atoms with Gasteiger partial charge in [0.25, 0.3) is 0 Å². The van der Waals surface area contributed by atoms with Crippen molar-refractivity contribution in [3.05, 3.63) is 30.3 Å². The van der Waals surface area contributed by atoms with E-state index in [1.165, 1.54) is 5.46 Å². The molecule has 0 aromatic heterocycles. The van der Waals surface area contributed by atoms with Crippen LogP contribution in [0.1, 0.15) is 0 Å². The Morgan fingerprint density at radius 3 is 2.29 bits per heavy atom. The molecule has 0 aliphatic carbocycles. The zero-order chi connectivity index (χ0) is 8.65. The summed E-state index contributed by atoms with van der Waals surface area (Å²) in [5.41, 5.74) is 1.20.